The lowest BCUT2D eigenvalue weighted by atomic mass is 10.1. The van der Waals surface area contributed by atoms with Gasteiger partial charge < -0.3 is 11.1 Å². The van der Waals surface area contributed by atoms with Gasteiger partial charge in [0, 0.05) is 12.4 Å². The van der Waals surface area contributed by atoms with Gasteiger partial charge >= 0.3 is 0 Å². The molecule has 2 rings (SSSR count). The summed E-state index contributed by atoms with van der Waals surface area (Å²) in [5, 5.41) is 3.95. The minimum Gasteiger partial charge on any atom is -0.382 e. The maximum atomic E-state index is 6.05. The number of aromatic nitrogens is 2. The first kappa shape index (κ1) is 12.9. The van der Waals surface area contributed by atoms with Gasteiger partial charge in [-0.15, -0.1) is 0 Å². The Morgan fingerprint density at radius 3 is 2.78 bits per heavy atom. The second-order valence-corrected chi connectivity index (χ2v) is 4.65. The standard InChI is InChI=1S/C12H12Cl2N4/c1-7(8-3-2-4-16-6-8)17-12-10(14)5-9(13)11(15)18-12/h2-7H,1H3,(H3,15,17,18). The third-order valence-electron chi connectivity index (χ3n) is 2.49. The average Bonchev–Trinajstić information content (AvgIpc) is 2.37. The summed E-state index contributed by atoms with van der Waals surface area (Å²) in [7, 11) is 0. The third kappa shape index (κ3) is 2.83. The Kier molecular flexibility index (Phi) is 3.89. The van der Waals surface area contributed by atoms with E-state index in [1.54, 1.807) is 18.5 Å². The summed E-state index contributed by atoms with van der Waals surface area (Å²) in [5.74, 6) is 0.761. The Morgan fingerprint density at radius 2 is 2.11 bits per heavy atom. The lowest BCUT2D eigenvalue weighted by Crippen LogP contribution is -2.09. The van der Waals surface area contributed by atoms with Crippen LogP contribution in [0.5, 0.6) is 0 Å². The van der Waals surface area contributed by atoms with E-state index in [4.69, 9.17) is 28.9 Å². The molecule has 94 valence electrons. The van der Waals surface area contributed by atoms with E-state index >= 15 is 0 Å². The minimum absolute atomic E-state index is 0.0178. The molecule has 0 aliphatic heterocycles. The smallest absolute Gasteiger partial charge is 0.147 e. The van der Waals surface area contributed by atoms with Gasteiger partial charge in [0.05, 0.1) is 16.1 Å². The minimum atomic E-state index is 0.0178. The largest absolute Gasteiger partial charge is 0.382 e. The zero-order valence-electron chi connectivity index (χ0n) is 9.69. The second-order valence-electron chi connectivity index (χ2n) is 3.84. The Bertz CT molecular complexity index is 545. The van der Waals surface area contributed by atoms with Crippen LogP contribution in [-0.4, -0.2) is 9.97 Å². The molecule has 3 N–H and O–H groups in total. The van der Waals surface area contributed by atoms with E-state index in [0.29, 0.717) is 15.9 Å². The fraction of sp³-hybridized carbons (Fsp3) is 0.167. The molecule has 0 bridgehead atoms. The number of pyridine rings is 2. The lowest BCUT2D eigenvalue weighted by Gasteiger charge is -2.16. The molecular weight excluding hydrogens is 271 g/mol. The van der Waals surface area contributed by atoms with Crippen molar-refractivity contribution in [2.75, 3.05) is 11.1 Å². The number of halogens is 2. The molecule has 2 heterocycles. The molecule has 1 atom stereocenters. The first-order valence-electron chi connectivity index (χ1n) is 5.36. The number of hydrogen-bond donors (Lipinski definition) is 2. The number of nitrogen functional groups attached to an aromatic ring is 1. The molecule has 0 amide bonds. The van der Waals surface area contributed by atoms with Crippen LogP contribution >= 0.6 is 23.2 Å². The lowest BCUT2D eigenvalue weighted by molar-refractivity contribution is 0.867. The summed E-state index contributed by atoms with van der Waals surface area (Å²) in [5.41, 5.74) is 6.68. The van der Waals surface area contributed by atoms with Crippen LogP contribution in [0.1, 0.15) is 18.5 Å². The van der Waals surface area contributed by atoms with Crippen LogP contribution in [0.25, 0.3) is 0 Å². The number of anilines is 2. The van der Waals surface area contributed by atoms with E-state index in [-0.39, 0.29) is 11.9 Å². The van der Waals surface area contributed by atoms with Gasteiger partial charge in [0.2, 0.25) is 0 Å². The van der Waals surface area contributed by atoms with E-state index in [1.807, 2.05) is 19.1 Å². The van der Waals surface area contributed by atoms with Crippen LogP contribution in [0.2, 0.25) is 10.0 Å². The van der Waals surface area contributed by atoms with Crippen LogP contribution in [0, 0.1) is 0 Å². The highest BCUT2D eigenvalue weighted by molar-refractivity contribution is 6.37. The summed E-state index contributed by atoms with van der Waals surface area (Å²) >= 11 is 11.9. The molecule has 2 aromatic rings. The average molecular weight is 283 g/mol. The Labute approximate surface area is 115 Å². The van der Waals surface area contributed by atoms with E-state index < -0.39 is 0 Å². The van der Waals surface area contributed by atoms with Gasteiger partial charge in [0.15, 0.2) is 0 Å². The van der Waals surface area contributed by atoms with Crippen molar-refractivity contribution >= 4 is 34.8 Å². The Balaban J connectivity index is 2.22. The molecule has 0 radical (unpaired) electrons. The molecule has 0 saturated carbocycles. The molecule has 6 heteroatoms. The van der Waals surface area contributed by atoms with E-state index in [2.05, 4.69) is 15.3 Å². The summed E-state index contributed by atoms with van der Waals surface area (Å²) in [4.78, 5) is 8.18. The maximum absolute atomic E-state index is 6.05. The van der Waals surface area contributed by atoms with E-state index in [0.717, 1.165) is 5.56 Å². The third-order valence-corrected chi connectivity index (χ3v) is 3.09. The number of hydrogen-bond acceptors (Lipinski definition) is 4. The maximum Gasteiger partial charge on any atom is 0.147 e. The molecule has 1 unspecified atom stereocenters. The number of nitrogens with zero attached hydrogens (tertiary/aromatic N) is 2. The van der Waals surface area contributed by atoms with Crippen LogP contribution in [-0.2, 0) is 0 Å². The van der Waals surface area contributed by atoms with Crippen LogP contribution in [0.4, 0.5) is 11.6 Å². The molecule has 18 heavy (non-hydrogen) atoms. The van der Waals surface area contributed by atoms with Gasteiger partial charge in [-0.05, 0) is 24.6 Å². The molecular formula is C12H12Cl2N4. The van der Waals surface area contributed by atoms with Crippen molar-refractivity contribution < 1.29 is 0 Å². The number of nitrogens with one attached hydrogen (secondary N) is 1. The first-order valence-corrected chi connectivity index (χ1v) is 6.11. The van der Waals surface area contributed by atoms with Gasteiger partial charge in [-0.1, -0.05) is 29.3 Å². The van der Waals surface area contributed by atoms with E-state index in [1.165, 1.54) is 0 Å². The first-order chi connectivity index (χ1) is 8.58. The van der Waals surface area contributed by atoms with Crippen molar-refractivity contribution in [3.63, 3.8) is 0 Å². The van der Waals surface area contributed by atoms with Gasteiger partial charge in [-0.3, -0.25) is 4.98 Å². The summed E-state index contributed by atoms with van der Waals surface area (Å²) in [6.07, 6.45) is 3.51. The molecule has 0 aromatic carbocycles. The highest BCUT2D eigenvalue weighted by Crippen LogP contribution is 2.29. The zero-order valence-corrected chi connectivity index (χ0v) is 11.2. The molecule has 4 nitrogen and oxygen atoms in total. The normalized spacial score (nSPS) is 12.2. The fourth-order valence-corrected chi connectivity index (χ4v) is 1.92. The number of rotatable bonds is 3. The topological polar surface area (TPSA) is 63.8 Å². The molecule has 0 aliphatic carbocycles. The number of nitrogens with two attached hydrogens (primary N) is 1. The highest BCUT2D eigenvalue weighted by Gasteiger charge is 2.11. The van der Waals surface area contributed by atoms with Crippen molar-refractivity contribution in [1.29, 1.82) is 0 Å². The molecule has 0 fully saturated rings. The molecule has 0 saturated heterocycles. The SMILES string of the molecule is CC(Nc1nc(N)c(Cl)cc1Cl)c1cccnc1. The quantitative estimate of drug-likeness (QED) is 0.904. The monoisotopic (exact) mass is 282 g/mol. The molecule has 0 spiro atoms. The zero-order chi connectivity index (χ0) is 13.1. The predicted molar refractivity (Wildman–Crippen MR) is 74.9 cm³/mol. The molecule has 0 aliphatic rings. The summed E-state index contributed by atoms with van der Waals surface area (Å²) in [6.45, 7) is 1.99. The fourth-order valence-electron chi connectivity index (χ4n) is 1.50. The summed E-state index contributed by atoms with van der Waals surface area (Å²) < 4.78 is 0. The van der Waals surface area contributed by atoms with Crippen LogP contribution < -0.4 is 11.1 Å². The van der Waals surface area contributed by atoms with Crippen molar-refractivity contribution in [1.82, 2.24) is 9.97 Å². The van der Waals surface area contributed by atoms with Gasteiger partial charge in [0.1, 0.15) is 11.6 Å². The van der Waals surface area contributed by atoms with Crippen LogP contribution in [0.3, 0.4) is 0 Å². The summed E-state index contributed by atoms with van der Waals surface area (Å²) in [6, 6.07) is 5.43. The molecule has 2 aromatic heterocycles. The van der Waals surface area contributed by atoms with Crippen LogP contribution in [0.15, 0.2) is 30.6 Å². The van der Waals surface area contributed by atoms with Gasteiger partial charge in [0.25, 0.3) is 0 Å². The van der Waals surface area contributed by atoms with Crippen molar-refractivity contribution in [3.05, 3.63) is 46.2 Å². The van der Waals surface area contributed by atoms with Gasteiger partial charge in [-0.25, -0.2) is 4.98 Å². The predicted octanol–water partition coefficient (Wildman–Crippen LogP) is 3.54. The van der Waals surface area contributed by atoms with Crippen molar-refractivity contribution in [2.45, 2.75) is 13.0 Å². The van der Waals surface area contributed by atoms with Crippen molar-refractivity contribution in [3.8, 4) is 0 Å². The highest BCUT2D eigenvalue weighted by atomic mass is 35.5. The Hall–Kier alpha value is -1.52. The Morgan fingerprint density at radius 1 is 1.33 bits per heavy atom. The van der Waals surface area contributed by atoms with E-state index in [9.17, 15) is 0 Å². The van der Waals surface area contributed by atoms with Gasteiger partial charge in [-0.2, -0.15) is 0 Å². The van der Waals surface area contributed by atoms with Crippen molar-refractivity contribution in [2.24, 2.45) is 0 Å². The second kappa shape index (κ2) is 5.42.